The first kappa shape index (κ1) is 20.8. The Kier molecular flexibility index (Phi) is 7.46. The van der Waals surface area contributed by atoms with Crippen LogP contribution in [0.2, 0.25) is 0 Å². The molecule has 0 saturated carbocycles. The largest absolute Gasteiger partial charge is 0.451 e. The minimum Gasteiger partial charge on any atom is -0.451 e. The lowest BCUT2D eigenvalue weighted by Gasteiger charge is -2.07. The number of benzene rings is 2. The molecule has 6 heteroatoms. The van der Waals surface area contributed by atoms with Crippen LogP contribution < -0.4 is 5.32 Å². The highest BCUT2D eigenvalue weighted by Gasteiger charge is 2.13. The summed E-state index contributed by atoms with van der Waals surface area (Å²) in [6, 6.07) is 15.3. The van der Waals surface area contributed by atoms with E-state index in [1.54, 1.807) is 36.4 Å². The maximum absolute atomic E-state index is 13.5. The number of rotatable bonds is 7. The molecule has 1 amide bonds. The van der Waals surface area contributed by atoms with Crippen LogP contribution in [0.4, 0.5) is 4.39 Å². The molecule has 0 spiro atoms. The topological polar surface area (TPSA) is 79.2 Å². The van der Waals surface area contributed by atoms with Gasteiger partial charge < -0.3 is 10.1 Å². The highest BCUT2D eigenvalue weighted by atomic mass is 19.1. The van der Waals surface area contributed by atoms with Crippen LogP contribution in [0.25, 0.3) is 6.08 Å². The van der Waals surface area contributed by atoms with E-state index in [1.807, 2.05) is 12.1 Å². The minimum absolute atomic E-state index is 0.0216. The van der Waals surface area contributed by atoms with Crippen LogP contribution in [0.15, 0.2) is 54.1 Å². The minimum atomic E-state index is -0.892. The fraction of sp³-hybridized carbons (Fsp3) is 0.227. The van der Waals surface area contributed by atoms with Crippen molar-refractivity contribution in [3.8, 4) is 6.07 Å². The van der Waals surface area contributed by atoms with Crippen LogP contribution in [0, 0.1) is 17.1 Å². The molecule has 144 valence electrons. The van der Waals surface area contributed by atoms with E-state index in [-0.39, 0.29) is 12.1 Å². The van der Waals surface area contributed by atoms with Gasteiger partial charge in [-0.05, 0) is 29.2 Å². The van der Waals surface area contributed by atoms with E-state index in [1.165, 1.54) is 12.1 Å². The lowest BCUT2D eigenvalue weighted by atomic mass is 10.0. The number of ether oxygens (including phenoxy) is 1. The summed E-state index contributed by atoms with van der Waals surface area (Å²) in [6.07, 6.45) is 1.41. The Labute approximate surface area is 163 Å². The first-order valence-electron chi connectivity index (χ1n) is 8.79. The van der Waals surface area contributed by atoms with E-state index in [0.717, 1.165) is 5.56 Å². The average Bonchev–Trinajstić information content (AvgIpc) is 2.70. The number of esters is 1. The van der Waals surface area contributed by atoms with Crippen molar-refractivity contribution in [3.05, 3.63) is 76.6 Å². The summed E-state index contributed by atoms with van der Waals surface area (Å²) in [5.41, 5.74) is 1.94. The lowest BCUT2D eigenvalue weighted by molar-refractivity contribution is -0.144. The number of carbonyl (C=O) groups excluding carboxylic acids is 2. The molecule has 2 aromatic carbocycles. The summed E-state index contributed by atoms with van der Waals surface area (Å²) in [5, 5.41) is 11.6. The predicted molar refractivity (Wildman–Crippen MR) is 103 cm³/mol. The summed E-state index contributed by atoms with van der Waals surface area (Å²) in [4.78, 5) is 23.8. The van der Waals surface area contributed by atoms with E-state index in [2.05, 4.69) is 19.2 Å². The molecule has 2 rings (SSSR count). The molecule has 0 aliphatic rings. The van der Waals surface area contributed by atoms with Crippen LogP contribution in [0.1, 0.15) is 36.5 Å². The van der Waals surface area contributed by atoms with Crippen LogP contribution in [-0.4, -0.2) is 18.5 Å². The summed E-state index contributed by atoms with van der Waals surface area (Å²) >= 11 is 0. The summed E-state index contributed by atoms with van der Waals surface area (Å²) in [7, 11) is 0. The van der Waals surface area contributed by atoms with Gasteiger partial charge in [0, 0.05) is 12.1 Å². The molecule has 28 heavy (non-hydrogen) atoms. The van der Waals surface area contributed by atoms with Crippen LogP contribution in [0.3, 0.4) is 0 Å². The van der Waals surface area contributed by atoms with Crippen molar-refractivity contribution in [1.29, 1.82) is 5.26 Å². The fourth-order valence-electron chi connectivity index (χ4n) is 2.38. The Bertz CT molecular complexity index is 912. The van der Waals surface area contributed by atoms with Crippen molar-refractivity contribution in [2.45, 2.75) is 26.3 Å². The average molecular weight is 380 g/mol. The quantitative estimate of drug-likeness (QED) is 0.451. The second-order valence-corrected chi connectivity index (χ2v) is 6.44. The van der Waals surface area contributed by atoms with Gasteiger partial charge in [-0.15, -0.1) is 0 Å². The molecule has 0 saturated heterocycles. The molecule has 1 N–H and O–H groups in total. The van der Waals surface area contributed by atoms with Gasteiger partial charge in [-0.3, -0.25) is 4.79 Å². The molecule has 0 unspecified atom stereocenters. The number of nitrogens with zero attached hydrogens (tertiary/aromatic N) is 1. The highest BCUT2D eigenvalue weighted by molar-refractivity contribution is 5.98. The number of carbonyl (C=O) groups is 2. The maximum Gasteiger partial charge on any atom is 0.349 e. The monoisotopic (exact) mass is 380 g/mol. The predicted octanol–water partition coefficient (Wildman–Crippen LogP) is 3.72. The Morgan fingerprint density at radius 1 is 1.18 bits per heavy atom. The third-order valence-electron chi connectivity index (χ3n) is 4.02. The van der Waals surface area contributed by atoms with Gasteiger partial charge in [0.05, 0.1) is 0 Å². The SMILES string of the molecule is CC(C)c1ccc(/C=C(\C#N)C(=O)OCC(=O)NCc2ccccc2F)cc1. The van der Waals surface area contributed by atoms with E-state index >= 15 is 0 Å². The van der Waals surface area contributed by atoms with Gasteiger partial charge in [0.2, 0.25) is 0 Å². The molecule has 0 fully saturated rings. The number of hydrogen-bond acceptors (Lipinski definition) is 4. The van der Waals surface area contributed by atoms with Gasteiger partial charge in [-0.2, -0.15) is 5.26 Å². The molecular weight excluding hydrogens is 359 g/mol. The normalized spacial score (nSPS) is 11.0. The van der Waals surface area contributed by atoms with E-state index in [4.69, 9.17) is 4.74 Å². The van der Waals surface area contributed by atoms with Gasteiger partial charge in [-0.1, -0.05) is 56.3 Å². The third kappa shape index (κ3) is 6.06. The molecular formula is C22H21FN2O3. The zero-order valence-corrected chi connectivity index (χ0v) is 15.7. The van der Waals surface area contributed by atoms with E-state index < -0.39 is 24.3 Å². The van der Waals surface area contributed by atoms with Crippen LogP contribution in [0.5, 0.6) is 0 Å². The number of nitrogens with one attached hydrogen (secondary N) is 1. The van der Waals surface area contributed by atoms with E-state index in [0.29, 0.717) is 17.0 Å². The van der Waals surface area contributed by atoms with Crippen molar-refractivity contribution in [1.82, 2.24) is 5.32 Å². The lowest BCUT2D eigenvalue weighted by Crippen LogP contribution is -2.28. The summed E-state index contributed by atoms with van der Waals surface area (Å²) in [5.74, 6) is -1.54. The summed E-state index contributed by atoms with van der Waals surface area (Å²) < 4.78 is 18.4. The Morgan fingerprint density at radius 2 is 1.86 bits per heavy atom. The highest BCUT2D eigenvalue weighted by Crippen LogP contribution is 2.16. The van der Waals surface area contributed by atoms with Gasteiger partial charge in [-0.25, -0.2) is 9.18 Å². The van der Waals surface area contributed by atoms with Crippen LogP contribution >= 0.6 is 0 Å². The molecule has 0 aromatic heterocycles. The van der Waals surface area contributed by atoms with E-state index in [9.17, 15) is 19.2 Å². The van der Waals surface area contributed by atoms with Crippen molar-refractivity contribution in [2.75, 3.05) is 6.61 Å². The Morgan fingerprint density at radius 3 is 2.46 bits per heavy atom. The molecule has 0 aliphatic heterocycles. The van der Waals surface area contributed by atoms with Gasteiger partial charge >= 0.3 is 5.97 Å². The Balaban J connectivity index is 1.90. The van der Waals surface area contributed by atoms with Crippen LogP contribution in [-0.2, 0) is 20.9 Å². The molecule has 0 radical (unpaired) electrons. The first-order chi connectivity index (χ1) is 13.4. The molecule has 2 aromatic rings. The smallest absolute Gasteiger partial charge is 0.349 e. The van der Waals surface area contributed by atoms with Crippen molar-refractivity contribution in [3.63, 3.8) is 0 Å². The second kappa shape index (κ2) is 10.0. The fourth-order valence-corrected chi connectivity index (χ4v) is 2.38. The Hall–Kier alpha value is -3.46. The van der Waals surface area contributed by atoms with Crippen molar-refractivity contribution in [2.24, 2.45) is 0 Å². The first-order valence-corrected chi connectivity index (χ1v) is 8.79. The van der Waals surface area contributed by atoms with Gasteiger partial charge in [0.15, 0.2) is 6.61 Å². The molecule has 0 atom stereocenters. The molecule has 5 nitrogen and oxygen atoms in total. The zero-order valence-electron chi connectivity index (χ0n) is 15.7. The number of halogens is 1. The maximum atomic E-state index is 13.5. The van der Waals surface area contributed by atoms with Gasteiger partial charge in [0.25, 0.3) is 5.91 Å². The number of amides is 1. The zero-order chi connectivity index (χ0) is 20.5. The number of hydrogen-bond donors (Lipinski definition) is 1. The molecule has 0 bridgehead atoms. The second-order valence-electron chi connectivity index (χ2n) is 6.44. The van der Waals surface area contributed by atoms with Gasteiger partial charge in [0.1, 0.15) is 17.5 Å². The van der Waals surface area contributed by atoms with Crippen molar-refractivity contribution >= 4 is 18.0 Å². The molecule has 0 aliphatic carbocycles. The third-order valence-corrected chi connectivity index (χ3v) is 4.02. The van der Waals surface area contributed by atoms with Crippen molar-refractivity contribution < 1.29 is 18.7 Å². The standard InChI is InChI=1S/C22H21FN2O3/c1-15(2)17-9-7-16(8-10-17)11-19(12-24)22(27)28-14-21(26)25-13-18-5-3-4-6-20(18)23/h3-11,15H,13-14H2,1-2H3,(H,25,26)/b19-11+. The molecule has 0 heterocycles. The number of nitriles is 1. The summed E-state index contributed by atoms with van der Waals surface area (Å²) in [6.45, 7) is 3.56.